The fraction of sp³-hybridized carbons (Fsp3) is 0.625. The predicted molar refractivity (Wildman–Crippen MR) is 85.6 cm³/mol. The first-order chi connectivity index (χ1) is 10.3. The highest BCUT2D eigenvalue weighted by Gasteiger charge is 2.52. The molecule has 122 valence electrons. The van der Waals surface area contributed by atoms with Crippen LogP contribution in [0.5, 0.6) is 5.75 Å². The van der Waals surface area contributed by atoms with Crippen LogP contribution in [0.4, 0.5) is 4.39 Å². The first-order valence-corrected chi connectivity index (χ1v) is 8.84. The standard InChI is InChI=1S/C16H23FN2O2S/c1-15(2,3)22(20)19-14-12-5-4-11(17)10-13(12)21-16(14)6-8-18-9-7-16/h4-5,10,14,18-19H,6-9H2,1-3H3/t14-,22-/m1/s1. The Balaban J connectivity index is 1.94. The number of fused-ring (bicyclic) bond motifs is 1. The van der Waals surface area contributed by atoms with E-state index in [0.29, 0.717) is 5.75 Å². The van der Waals surface area contributed by atoms with E-state index in [9.17, 15) is 8.94 Å². The SMILES string of the molecule is CC(C)(C)[S@@+]([O-])N[C@@H]1c2ccc(F)cc2OC12CCNCC2. The van der Waals surface area contributed by atoms with Gasteiger partial charge in [0.15, 0.2) is 0 Å². The van der Waals surface area contributed by atoms with Crippen LogP contribution in [0.15, 0.2) is 18.2 Å². The van der Waals surface area contributed by atoms with E-state index in [1.54, 1.807) is 6.07 Å². The molecule has 0 saturated carbocycles. The lowest BCUT2D eigenvalue weighted by atomic mass is 9.84. The number of halogens is 1. The van der Waals surface area contributed by atoms with Crippen LogP contribution in [-0.2, 0) is 11.4 Å². The molecule has 2 N–H and O–H groups in total. The number of hydrogen-bond acceptors (Lipinski definition) is 4. The summed E-state index contributed by atoms with van der Waals surface area (Å²) in [6.07, 6.45) is 1.62. The summed E-state index contributed by atoms with van der Waals surface area (Å²) in [5, 5.41) is 3.32. The molecular weight excluding hydrogens is 303 g/mol. The van der Waals surface area contributed by atoms with Crippen molar-refractivity contribution in [3.8, 4) is 5.75 Å². The van der Waals surface area contributed by atoms with Crippen molar-refractivity contribution in [2.45, 2.75) is 50.0 Å². The Hall–Kier alpha value is -0.820. The quantitative estimate of drug-likeness (QED) is 0.820. The monoisotopic (exact) mass is 326 g/mol. The molecule has 3 rings (SSSR count). The third-order valence-electron chi connectivity index (χ3n) is 4.36. The van der Waals surface area contributed by atoms with Crippen molar-refractivity contribution >= 4 is 11.4 Å². The molecule has 0 aromatic heterocycles. The van der Waals surface area contributed by atoms with Gasteiger partial charge in [-0.25, -0.2) is 4.39 Å². The fourth-order valence-electron chi connectivity index (χ4n) is 3.09. The van der Waals surface area contributed by atoms with Crippen molar-refractivity contribution in [2.24, 2.45) is 0 Å². The van der Waals surface area contributed by atoms with E-state index in [0.717, 1.165) is 31.5 Å². The van der Waals surface area contributed by atoms with Crippen molar-refractivity contribution in [3.05, 3.63) is 29.6 Å². The summed E-state index contributed by atoms with van der Waals surface area (Å²) in [5.74, 6) is 0.269. The van der Waals surface area contributed by atoms with Gasteiger partial charge in [0, 0.05) is 35.8 Å². The molecule has 1 fully saturated rings. The molecule has 0 unspecified atom stereocenters. The van der Waals surface area contributed by atoms with Gasteiger partial charge in [0.25, 0.3) is 0 Å². The number of ether oxygens (including phenoxy) is 1. The van der Waals surface area contributed by atoms with Gasteiger partial charge < -0.3 is 14.6 Å². The Morgan fingerprint density at radius 3 is 2.68 bits per heavy atom. The van der Waals surface area contributed by atoms with Gasteiger partial charge in [0.05, 0.1) is 0 Å². The molecule has 2 heterocycles. The van der Waals surface area contributed by atoms with Gasteiger partial charge in [0.2, 0.25) is 0 Å². The van der Waals surface area contributed by atoms with Crippen LogP contribution in [0.2, 0.25) is 0 Å². The van der Waals surface area contributed by atoms with Crippen LogP contribution >= 0.6 is 0 Å². The molecule has 0 amide bonds. The molecule has 6 heteroatoms. The number of nitrogens with one attached hydrogen (secondary N) is 2. The Morgan fingerprint density at radius 1 is 1.36 bits per heavy atom. The molecule has 0 aliphatic carbocycles. The maximum atomic E-state index is 13.5. The van der Waals surface area contributed by atoms with Crippen LogP contribution in [0.25, 0.3) is 0 Å². The van der Waals surface area contributed by atoms with Crippen LogP contribution < -0.4 is 14.8 Å². The normalized spacial score (nSPS) is 24.9. The number of hydrogen-bond donors (Lipinski definition) is 2. The summed E-state index contributed by atoms with van der Waals surface area (Å²) in [5.41, 5.74) is 0.461. The van der Waals surface area contributed by atoms with Gasteiger partial charge >= 0.3 is 0 Å². The lowest BCUT2D eigenvalue weighted by Gasteiger charge is -2.39. The summed E-state index contributed by atoms with van der Waals surface area (Å²) in [7, 11) is 0. The molecule has 2 aliphatic rings. The zero-order valence-corrected chi connectivity index (χ0v) is 14.1. The van der Waals surface area contributed by atoms with Crippen LogP contribution in [-0.4, -0.2) is 28.0 Å². The van der Waals surface area contributed by atoms with Gasteiger partial charge in [-0.3, -0.25) is 0 Å². The third kappa shape index (κ3) is 2.85. The number of benzene rings is 1. The summed E-state index contributed by atoms with van der Waals surface area (Å²) in [6, 6.07) is 4.45. The minimum atomic E-state index is -1.21. The number of rotatable bonds is 2. The first kappa shape index (κ1) is 16.1. The molecule has 2 aliphatic heterocycles. The Labute approximate surface area is 134 Å². The lowest BCUT2D eigenvalue weighted by molar-refractivity contribution is 0.0318. The van der Waals surface area contributed by atoms with Gasteiger partial charge in [0.1, 0.15) is 28.0 Å². The van der Waals surface area contributed by atoms with E-state index < -0.39 is 17.0 Å². The minimum Gasteiger partial charge on any atom is -0.598 e. The molecule has 1 saturated heterocycles. The smallest absolute Gasteiger partial charge is 0.136 e. The zero-order valence-electron chi connectivity index (χ0n) is 13.2. The minimum absolute atomic E-state index is 0.176. The second kappa shape index (κ2) is 5.67. The average Bonchev–Trinajstić information content (AvgIpc) is 2.71. The molecule has 22 heavy (non-hydrogen) atoms. The summed E-state index contributed by atoms with van der Waals surface area (Å²) < 4.78 is 35.2. The molecule has 4 nitrogen and oxygen atoms in total. The molecule has 1 aromatic carbocycles. The number of piperidine rings is 1. The van der Waals surface area contributed by atoms with E-state index in [4.69, 9.17) is 4.74 Å². The fourth-order valence-corrected chi connectivity index (χ4v) is 4.00. The summed E-state index contributed by atoms with van der Waals surface area (Å²) >= 11 is -1.21. The van der Waals surface area contributed by atoms with E-state index >= 15 is 0 Å². The predicted octanol–water partition coefficient (Wildman–Crippen LogP) is 2.43. The van der Waals surface area contributed by atoms with Crippen molar-refractivity contribution in [2.75, 3.05) is 13.1 Å². The van der Waals surface area contributed by atoms with E-state index in [1.807, 2.05) is 20.8 Å². The van der Waals surface area contributed by atoms with Crippen LogP contribution in [0.1, 0.15) is 45.2 Å². The van der Waals surface area contributed by atoms with E-state index in [2.05, 4.69) is 10.0 Å². The Kier molecular flexibility index (Phi) is 4.14. The topological polar surface area (TPSA) is 56.3 Å². The maximum absolute atomic E-state index is 13.5. The van der Waals surface area contributed by atoms with E-state index in [-0.39, 0.29) is 16.6 Å². The second-order valence-corrected chi connectivity index (χ2v) is 9.03. The lowest BCUT2D eigenvalue weighted by Crippen LogP contribution is -2.54. The van der Waals surface area contributed by atoms with Crippen molar-refractivity contribution in [3.63, 3.8) is 0 Å². The van der Waals surface area contributed by atoms with Crippen molar-refractivity contribution in [1.29, 1.82) is 0 Å². The Bertz CT molecular complexity index is 556. The third-order valence-corrected chi connectivity index (χ3v) is 5.92. The zero-order chi connectivity index (χ0) is 16.0. The molecule has 1 aromatic rings. The van der Waals surface area contributed by atoms with Crippen molar-refractivity contribution in [1.82, 2.24) is 10.0 Å². The second-order valence-electron chi connectivity index (χ2n) is 7.03. The first-order valence-electron chi connectivity index (χ1n) is 7.69. The average molecular weight is 326 g/mol. The highest BCUT2D eigenvalue weighted by Crippen LogP contribution is 2.48. The summed E-state index contributed by atoms with van der Waals surface area (Å²) in [6.45, 7) is 7.50. The highest BCUT2D eigenvalue weighted by atomic mass is 32.2. The molecule has 0 bridgehead atoms. The van der Waals surface area contributed by atoms with Crippen molar-refractivity contribution < 1.29 is 13.7 Å². The summed E-state index contributed by atoms with van der Waals surface area (Å²) in [4.78, 5) is 0. The maximum Gasteiger partial charge on any atom is 0.136 e. The van der Waals surface area contributed by atoms with E-state index in [1.165, 1.54) is 12.1 Å². The molecule has 0 radical (unpaired) electrons. The Morgan fingerprint density at radius 2 is 2.05 bits per heavy atom. The van der Waals surface area contributed by atoms with Gasteiger partial charge in [-0.2, -0.15) is 0 Å². The van der Waals surface area contributed by atoms with Crippen LogP contribution in [0, 0.1) is 5.82 Å². The largest absolute Gasteiger partial charge is 0.598 e. The van der Waals surface area contributed by atoms with Gasteiger partial charge in [-0.05, 0) is 39.9 Å². The molecule has 1 spiro atoms. The van der Waals surface area contributed by atoms with Crippen LogP contribution in [0.3, 0.4) is 0 Å². The van der Waals surface area contributed by atoms with Gasteiger partial charge in [-0.1, -0.05) is 6.07 Å². The highest BCUT2D eigenvalue weighted by molar-refractivity contribution is 7.90. The molecular formula is C16H23FN2O2S. The molecule has 2 atom stereocenters. The van der Waals surface area contributed by atoms with Gasteiger partial charge in [-0.15, -0.1) is 4.72 Å².